The van der Waals surface area contributed by atoms with Crippen molar-refractivity contribution in [3.05, 3.63) is 112 Å². The second-order valence-electron chi connectivity index (χ2n) is 8.32. The molecule has 5 rings (SSSR count). The maximum absolute atomic E-state index is 14.7. The molecular weight excluding hydrogens is 525 g/mol. The van der Waals surface area contributed by atoms with Gasteiger partial charge >= 0.3 is 6.11 Å². The second kappa shape index (κ2) is 10.1. The Labute approximate surface area is 217 Å². The van der Waals surface area contributed by atoms with Crippen LogP contribution in [0.4, 0.5) is 22.0 Å². The Morgan fingerprint density at radius 3 is 2.11 bits per heavy atom. The van der Waals surface area contributed by atoms with Crippen molar-refractivity contribution in [1.29, 1.82) is 0 Å². The molecule has 0 radical (unpaired) electrons. The summed E-state index contributed by atoms with van der Waals surface area (Å²) in [5, 5.41) is -0.679. The number of rotatable bonds is 7. The van der Waals surface area contributed by atoms with Crippen molar-refractivity contribution in [2.24, 2.45) is 0 Å². The molecule has 188 valence electrons. The van der Waals surface area contributed by atoms with Crippen molar-refractivity contribution in [3.8, 4) is 16.9 Å². The highest BCUT2D eigenvalue weighted by Gasteiger charge is 2.39. The number of aromatic nitrogens is 1. The van der Waals surface area contributed by atoms with E-state index in [0.717, 1.165) is 21.6 Å². The third kappa shape index (κ3) is 5.62. The summed E-state index contributed by atoms with van der Waals surface area (Å²) in [6, 6.07) is 22.5. The smallest absolute Gasteiger partial charge is 0.427 e. The first-order chi connectivity index (χ1) is 17.7. The Balaban J connectivity index is 1.28. The summed E-state index contributed by atoms with van der Waals surface area (Å²) < 4.78 is 74.2. The molecule has 9 heteroatoms. The molecule has 0 saturated carbocycles. The van der Waals surface area contributed by atoms with Crippen molar-refractivity contribution in [2.45, 2.75) is 23.7 Å². The Kier molecular flexibility index (Phi) is 6.92. The van der Waals surface area contributed by atoms with Crippen molar-refractivity contribution in [1.82, 2.24) is 4.98 Å². The van der Waals surface area contributed by atoms with E-state index < -0.39 is 34.3 Å². The van der Waals surface area contributed by atoms with Gasteiger partial charge in [0, 0.05) is 22.8 Å². The number of aryl methyl sites for hydroxylation is 1. The van der Waals surface area contributed by atoms with Crippen LogP contribution in [0.1, 0.15) is 16.1 Å². The minimum absolute atomic E-state index is 0.339. The summed E-state index contributed by atoms with van der Waals surface area (Å²) in [6.45, 7) is 2.05. The minimum Gasteiger partial charge on any atom is -0.427 e. The van der Waals surface area contributed by atoms with Crippen LogP contribution >= 0.6 is 23.1 Å². The van der Waals surface area contributed by atoms with E-state index in [2.05, 4.69) is 58.3 Å². The number of fused-ring (bicyclic) bond motifs is 1. The second-order valence-corrected chi connectivity index (χ2v) is 10.4. The normalized spacial score (nSPS) is 11.7. The van der Waals surface area contributed by atoms with Crippen molar-refractivity contribution in [2.75, 3.05) is 0 Å². The standard InChI is InChI=1S/C28H18F5NOS2/c1-16-2-6-18(7-3-16)19-8-4-17(5-9-19)15-36-21-10-11-24-25(14-21)37-27(34-24)28(32,33)35-20-12-22(29)26(31)23(30)13-20/h2-14H,15H2,1H3. The van der Waals surface area contributed by atoms with Crippen molar-refractivity contribution in [3.63, 3.8) is 0 Å². The number of hydrogen-bond donors (Lipinski definition) is 0. The van der Waals surface area contributed by atoms with E-state index in [1.165, 1.54) is 5.56 Å². The molecule has 1 heterocycles. The van der Waals surface area contributed by atoms with Gasteiger partial charge in [-0.1, -0.05) is 54.1 Å². The topological polar surface area (TPSA) is 22.1 Å². The molecule has 0 amide bonds. The molecule has 0 aliphatic heterocycles. The molecule has 5 aromatic rings. The SMILES string of the molecule is Cc1ccc(-c2ccc(CSc3ccc4nc(C(F)(F)Oc5cc(F)c(F)c(F)c5)sc4c3)cc2)cc1. The fourth-order valence-corrected chi connectivity index (χ4v) is 5.49. The first-order valence-corrected chi connectivity index (χ1v) is 12.9. The van der Waals surface area contributed by atoms with Crippen LogP contribution in [0.3, 0.4) is 0 Å². The van der Waals surface area contributed by atoms with Gasteiger partial charge in [-0.15, -0.1) is 23.1 Å². The van der Waals surface area contributed by atoms with Crippen LogP contribution in [0.15, 0.2) is 83.8 Å². The Bertz CT molecular complexity index is 1540. The number of hydrogen-bond acceptors (Lipinski definition) is 4. The molecule has 0 saturated heterocycles. The third-order valence-corrected chi connectivity index (χ3v) is 7.69. The van der Waals surface area contributed by atoms with E-state index in [-0.39, 0.29) is 0 Å². The number of nitrogens with zero attached hydrogens (tertiary/aromatic N) is 1. The van der Waals surface area contributed by atoms with Gasteiger partial charge in [-0.3, -0.25) is 0 Å². The molecule has 0 atom stereocenters. The lowest BCUT2D eigenvalue weighted by Gasteiger charge is -2.15. The number of alkyl halides is 2. The molecule has 37 heavy (non-hydrogen) atoms. The van der Waals surface area contributed by atoms with Gasteiger partial charge in [0.2, 0.25) is 5.01 Å². The molecule has 0 N–H and O–H groups in total. The summed E-state index contributed by atoms with van der Waals surface area (Å²) in [5.74, 6) is -5.16. The van der Waals surface area contributed by atoms with Gasteiger partial charge in [0.05, 0.1) is 10.2 Å². The maximum atomic E-state index is 14.7. The predicted octanol–water partition coefficient (Wildman–Crippen LogP) is 9.11. The average Bonchev–Trinajstić information content (AvgIpc) is 3.31. The number of benzene rings is 4. The predicted molar refractivity (Wildman–Crippen MR) is 137 cm³/mol. The molecule has 2 nitrogen and oxygen atoms in total. The maximum Gasteiger partial charge on any atom is 0.454 e. The van der Waals surface area contributed by atoms with Gasteiger partial charge in [0.15, 0.2) is 17.5 Å². The molecular formula is C28H18F5NOS2. The summed E-state index contributed by atoms with van der Waals surface area (Å²) in [7, 11) is 0. The highest BCUT2D eigenvalue weighted by Crippen LogP contribution is 2.38. The zero-order valence-electron chi connectivity index (χ0n) is 19.3. The zero-order valence-corrected chi connectivity index (χ0v) is 20.9. The van der Waals surface area contributed by atoms with Crippen LogP contribution in [0.2, 0.25) is 0 Å². The van der Waals surface area contributed by atoms with Crippen LogP contribution in [0, 0.1) is 24.4 Å². The minimum atomic E-state index is -3.97. The zero-order chi connectivity index (χ0) is 26.2. The molecule has 0 aliphatic carbocycles. The lowest BCUT2D eigenvalue weighted by atomic mass is 10.0. The van der Waals surface area contributed by atoms with Crippen LogP contribution in [-0.2, 0) is 11.9 Å². The molecule has 1 aromatic heterocycles. The van der Waals surface area contributed by atoms with E-state index in [9.17, 15) is 22.0 Å². The number of ether oxygens (including phenoxy) is 1. The Morgan fingerprint density at radius 2 is 1.46 bits per heavy atom. The van der Waals surface area contributed by atoms with Crippen LogP contribution < -0.4 is 4.74 Å². The highest BCUT2D eigenvalue weighted by molar-refractivity contribution is 7.98. The molecule has 0 aliphatic rings. The largest absolute Gasteiger partial charge is 0.454 e. The first kappa shape index (κ1) is 25.2. The van der Waals surface area contributed by atoms with Gasteiger partial charge < -0.3 is 4.74 Å². The molecule has 4 aromatic carbocycles. The molecule has 0 bridgehead atoms. The summed E-state index contributed by atoms with van der Waals surface area (Å²) >= 11 is 2.27. The molecule has 0 spiro atoms. The van der Waals surface area contributed by atoms with Crippen LogP contribution in [0.25, 0.3) is 21.3 Å². The van der Waals surface area contributed by atoms with E-state index in [0.29, 0.717) is 39.4 Å². The monoisotopic (exact) mass is 543 g/mol. The van der Waals surface area contributed by atoms with Gasteiger partial charge in [0.25, 0.3) is 0 Å². The fraction of sp³-hybridized carbons (Fsp3) is 0.107. The molecule has 0 unspecified atom stereocenters. The highest BCUT2D eigenvalue weighted by atomic mass is 32.2. The van der Waals surface area contributed by atoms with Crippen molar-refractivity contribution >= 4 is 33.3 Å². The summed E-state index contributed by atoms with van der Waals surface area (Å²) in [5.41, 5.74) is 4.93. The van der Waals surface area contributed by atoms with E-state index in [1.54, 1.807) is 30.0 Å². The van der Waals surface area contributed by atoms with Gasteiger partial charge in [0.1, 0.15) is 5.75 Å². The Hall–Kier alpha value is -3.43. The van der Waals surface area contributed by atoms with Crippen molar-refractivity contribution < 1.29 is 26.7 Å². The van der Waals surface area contributed by atoms with E-state index in [4.69, 9.17) is 0 Å². The summed E-state index contributed by atoms with van der Waals surface area (Å²) in [4.78, 5) is 4.79. The number of thiazole rings is 1. The first-order valence-electron chi connectivity index (χ1n) is 11.1. The Morgan fingerprint density at radius 1 is 0.838 bits per heavy atom. The van der Waals surface area contributed by atoms with Crippen LogP contribution in [-0.4, -0.2) is 4.98 Å². The van der Waals surface area contributed by atoms with Gasteiger partial charge in [-0.05, 0) is 41.8 Å². The summed E-state index contributed by atoms with van der Waals surface area (Å²) in [6.07, 6.45) is -3.97. The third-order valence-electron chi connectivity index (χ3n) is 5.56. The number of thioether (sulfide) groups is 1. The average molecular weight is 544 g/mol. The number of halogens is 5. The van der Waals surface area contributed by atoms with E-state index in [1.807, 2.05) is 6.92 Å². The lowest BCUT2D eigenvalue weighted by Crippen LogP contribution is -2.21. The van der Waals surface area contributed by atoms with E-state index >= 15 is 0 Å². The lowest BCUT2D eigenvalue weighted by molar-refractivity contribution is -0.185. The van der Waals surface area contributed by atoms with Gasteiger partial charge in [-0.2, -0.15) is 8.78 Å². The quantitative estimate of drug-likeness (QED) is 0.116. The molecule has 0 fully saturated rings. The van der Waals surface area contributed by atoms with Gasteiger partial charge in [-0.25, -0.2) is 18.2 Å². The fourth-order valence-electron chi connectivity index (χ4n) is 3.61. The van der Waals surface area contributed by atoms with Crippen LogP contribution in [0.5, 0.6) is 5.75 Å².